The van der Waals surface area contributed by atoms with Crippen LogP contribution in [0, 0.1) is 17.2 Å². The summed E-state index contributed by atoms with van der Waals surface area (Å²) in [6.07, 6.45) is 1.12. The van der Waals surface area contributed by atoms with Gasteiger partial charge in [0.1, 0.15) is 0 Å². The molecule has 0 bridgehead atoms. The highest BCUT2D eigenvalue weighted by atomic mass is 16.5. The van der Waals surface area contributed by atoms with E-state index in [9.17, 15) is 0 Å². The smallest absolute Gasteiger partial charge is 0.194 e. The van der Waals surface area contributed by atoms with Crippen molar-refractivity contribution in [2.24, 2.45) is 10.9 Å². The van der Waals surface area contributed by atoms with Crippen molar-refractivity contribution in [2.75, 3.05) is 26.2 Å². The Balaban J connectivity index is 1.50. The second-order valence-electron chi connectivity index (χ2n) is 7.08. The second-order valence-corrected chi connectivity index (χ2v) is 7.08. The first kappa shape index (κ1) is 19.9. The number of hydrogen-bond donors (Lipinski definition) is 1. The summed E-state index contributed by atoms with van der Waals surface area (Å²) in [5.74, 6) is 1.49. The molecule has 0 aromatic heterocycles. The first-order valence-electron chi connectivity index (χ1n) is 9.92. The van der Waals surface area contributed by atoms with Crippen LogP contribution in [0.4, 0.5) is 0 Å². The number of guanidine groups is 1. The fourth-order valence-corrected chi connectivity index (χ4v) is 3.36. The molecule has 1 heterocycles. The van der Waals surface area contributed by atoms with Crippen LogP contribution < -0.4 is 5.32 Å². The van der Waals surface area contributed by atoms with Crippen molar-refractivity contribution in [1.82, 2.24) is 10.2 Å². The zero-order valence-corrected chi connectivity index (χ0v) is 16.5. The zero-order chi connectivity index (χ0) is 19.6. The van der Waals surface area contributed by atoms with Crippen LogP contribution in [0.1, 0.15) is 30.0 Å². The number of hydrogen-bond acceptors (Lipinski definition) is 3. The van der Waals surface area contributed by atoms with Gasteiger partial charge < -0.3 is 15.0 Å². The minimum absolute atomic E-state index is 0.530. The summed E-state index contributed by atoms with van der Waals surface area (Å²) in [6, 6.07) is 20.1. The standard InChI is InChI=1S/C23H28N4O/c1-2-25-23(26-15-20-10-8-19(14-24)9-11-20)27-13-12-22(16-27)18-28-17-21-6-4-3-5-7-21/h3-11,22H,2,12-13,15-18H2,1H3,(H,25,26). The fraction of sp³-hybridized carbons (Fsp3) is 0.391. The van der Waals surface area contributed by atoms with Crippen molar-refractivity contribution in [3.05, 3.63) is 71.3 Å². The van der Waals surface area contributed by atoms with Gasteiger partial charge in [0.25, 0.3) is 0 Å². The number of benzene rings is 2. The predicted molar refractivity (Wildman–Crippen MR) is 112 cm³/mol. The third-order valence-electron chi connectivity index (χ3n) is 4.88. The third kappa shape index (κ3) is 5.83. The van der Waals surface area contributed by atoms with Crippen molar-refractivity contribution >= 4 is 5.96 Å². The molecule has 5 nitrogen and oxygen atoms in total. The molecule has 0 spiro atoms. The van der Waals surface area contributed by atoms with E-state index in [2.05, 4.69) is 35.3 Å². The highest BCUT2D eigenvalue weighted by Crippen LogP contribution is 2.18. The first-order valence-corrected chi connectivity index (χ1v) is 9.92. The molecular formula is C23H28N4O. The van der Waals surface area contributed by atoms with E-state index in [0.717, 1.165) is 44.2 Å². The Morgan fingerprint density at radius 1 is 1.18 bits per heavy atom. The average Bonchev–Trinajstić information content (AvgIpc) is 3.21. The number of nitriles is 1. The van der Waals surface area contributed by atoms with Gasteiger partial charge in [0.2, 0.25) is 0 Å². The SMILES string of the molecule is CCNC(=NCc1ccc(C#N)cc1)N1CCC(COCc2ccccc2)C1. The maximum atomic E-state index is 8.91. The molecule has 0 amide bonds. The van der Waals surface area contributed by atoms with Crippen molar-refractivity contribution < 1.29 is 4.74 Å². The number of nitrogens with zero attached hydrogens (tertiary/aromatic N) is 3. The Hall–Kier alpha value is -2.84. The van der Waals surface area contributed by atoms with Crippen LogP contribution in [0.5, 0.6) is 0 Å². The van der Waals surface area contributed by atoms with Crippen LogP contribution >= 0.6 is 0 Å². The van der Waals surface area contributed by atoms with E-state index in [-0.39, 0.29) is 0 Å². The summed E-state index contributed by atoms with van der Waals surface area (Å²) >= 11 is 0. The molecular weight excluding hydrogens is 348 g/mol. The molecule has 28 heavy (non-hydrogen) atoms. The molecule has 1 atom stereocenters. The van der Waals surface area contributed by atoms with Gasteiger partial charge in [-0.05, 0) is 36.6 Å². The van der Waals surface area contributed by atoms with Crippen molar-refractivity contribution in [2.45, 2.75) is 26.5 Å². The van der Waals surface area contributed by atoms with Crippen LogP contribution in [0.3, 0.4) is 0 Å². The lowest BCUT2D eigenvalue weighted by Gasteiger charge is -2.21. The highest BCUT2D eigenvalue weighted by Gasteiger charge is 2.25. The molecule has 1 saturated heterocycles. The van der Waals surface area contributed by atoms with E-state index in [1.165, 1.54) is 5.56 Å². The van der Waals surface area contributed by atoms with E-state index < -0.39 is 0 Å². The van der Waals surface area contributed by atoms with E-state index in [1.54, 1.807) is 0 Å². The summed E-state index contributed by atoms with van der Waals surface area (Å²) in [7, 11) is 0. The van der Waals surface area contributed by atoms with Gasteiger partial charge in [0, 0.05) is 25.6 Å². The maximum Gasteiger partial charge on any atom is 0.194 e. The van der Waals surface area contributed by atoms with Gasteiger partial charge in [0.05, 0.1) is 31.4 Å². The summed E-state index contributed by atoms with van der Waals surface area (Å²) < 4.78 is 5.93. The van der Waals surface area contributed by atoms with Gasteiger partial charge in [-0.2, -0.15) is 5.26 Å². The van der Waals surface area contributed by atoms with Crippen molar-refractivity contribution in [3.8, 4) is 6.07 Å². The molecule has 1 fully saturated rings. The van der Waals surface area contributed by atoms with Crippen molar-refractivity contribution in [3.63, 3.8) is 0 Å². The molecule has 1 aliphatic rings. The average molecular weight is 377 g/mol. The monoisotopic (exact) mass is 376 g/mol. The number of rotatable bonds is 7. The molecule has 0 saturated carbocycles. The number of aliphatic imine (C=N–C) groups is 1. The Morgan fingerprint density at radius 3 is 2.68 bits per heavy atom. The van der Waals surface area contributed by atoms with Crippen LogP contribution in [0.2, 0.25) is 0 Å². The van der Waals surface area contributed by atoms with Crippen LogP contribution in [-0.4, -0.2) is 37.1 Å². The van der Waals surface area contributed by atoms with Gasteiger partial charge in [-0.25, -0.2) is 4.99 Å². The van der Waals surface area contributed by atoms with E-state index in [4.69, 9.17) is 15.0 Å². The van der Waals surface area contributed by atoms with Crippen LogP contribution in [0.15, 0.2) is 59.6 Å². The molecule has 3 rings (SSSR count). The number of ether oxygens (including phenoxy) is 1. The third-order valence-corrected chi connectivity index (χ3v) is 4.88. The predicted octanol–water partition coefficient (Wildman–Crippen LogP) is 3.56. The number of likely N-dealkylation sites (tertiary alicyclic amines) is 1. The van der Waals surface area contributed by atoms with Gasteiger partial charge in [0.15, 0.2) is 5.96 Å². The normalized spacial score (nSPS) is 16.8. The molecule has 0 aliphatic carbocycles. The molecule has 146 valence electrons. The summed E-state index contributed by atoms with van der Waals surface area (Å²) in [5.41, 5.74) is 3.00. The quantitative estimate of drug-likeness (QED) is 0.593. The Morgan fingerprint density at radius 2 is 1.96 bits per heavy atom. The van der Waals surface area contributed by atoms with E-state index >= 15 is 0 Å². The lowest BCUT2D eigenvalue weighted by molar-refractivity contribution is 0.0906. The van der Waals surface area contributed by atoms with Gasteiger partial charge >= 0.3 is 0 Å². The van der Waals surface area contributed by atoms with Crippen LogP contribution in [0.25, 0.3) is 0 Å². The molecule has 0 radical (unpaired) electrons. The topological polar surface area (TPSA) is 60.7 Å². The number of nitrogens with one attached hydrogen (secondary N) is 1. The molecule has 1 aliphatic heterocycles. The highest BCUT2D eigenvalue weighted by molar-refractivity contribution is 5.80. The van der Waals surface area contributed by atoms with E-state index in [0.29, 0.717) is 24.6 Å². The molecule has 5 heteroatoms. The molecule has 1 unspecified atom stereocenters. The Kier molecular flexibility index (Phi) is 7.45. The van der Waals surface area contributed by atoms with Gasteiger partial charge in [-0.3, -0.25) is 0 Å². The first-order chi connectivity index (χ1) is 13.8. The second kappa shape index (κ2) is 10.5. The summed E-state index contributed by atoms with van der Waals surface area (Å²) in [6.45, 7) is 6.96. The molecule has 1 N–H and O–H groups in total. The maximum absolute atomic E-state index is 8.91. The minimum atomic E-state index is 0.530. The van der Waals surface area contributed by atoms with Gasteiger partial charge in [-0.15, -0.1) is 0 Å². The fourth-order valence-electron chi connectivity index (χ4n) is 3.36. The summed E-state index contributed by atoms with van der Waals surface area (Å²) in [4.78, 5) is 7.11. The lowest BCUT2D eigenvalue weighted by Crippen LogP contribution is -2.40. The lowest BCUT2D eigenvalue weighted by atomic mass is 10.1. The van der Waals surface area contributed by atoms with Crippen LogP contribution in [-0.2, 0) is 17.9 Å². The van der Waals surface area contributed by atoms with Crippen molar-refractivity contribution in [1.29, 1.82) is 5.26 Å². The minimum Gasteiger partial charge on any atom is -0.376 e. The summed E-state index contributed by atoms with van der Waals surface area (Å²) in [5, 5.41) is 12.3. The largest absolute Gasteiger partial charge is 0.376 e. The Bertz CT molecular complexity index is 796. The molecule has 2 aromatic rings. The zero-order valence-electron chi connectivity index (χ0n) is 16.5. The van der Waals surface area contributed by atoms with Gasteiger partial charge in [-0.1, -0.05) is 42.5 Å². The van der Waals surface area contributed by atoms with E-state index in [1.807, 2.05) is 42.5 Å². The molecule has 2 aromatic carbocycles. The Labute approximate surface area is 167 Å².